The van der Waals surface area contributed by atoms with Crippen LogP contribution in [0.5, 0.6) is 5.75 Å². The number of carbonyl (C=O) groups excluding carboxylic acids is 2. The Morgan fingerprint density at radius 2 is 1.76 bits per heavy atom. The summed E-state index contributed by atoms with van der Waals surface area (Å²) in [4.78, 5) is 26.0. The van der Waals surface area contributed by atoms with Crippen LogP contribution in [0.15, 0.2) is 18.2 Å². The normalized spacial score (nSPS) is 15.6. The monoisotopic (exact) mass is 349 g/mol. The molecule has 25 heavy (non-hydrogen) atoms. The van der Waals surface area contributed by atoms with Gasteiger partial charge in [-0.2, -0.15) is 0 Å². The largest absolute Gasteiger partial charge is 0.497 e. The van der Waals surface area contributed by atoms with Gasteiger partial charge in [0, 0.05) is 13.1 Å². The van der Waals surface area contributed by atoms with E-state index in [2.05, 4.69) is 0 Å². The maximum absolute atomic E-state index is 12.2. The lowest BCUT2D eigenvalue weighted by atomic mass is 9.86. The minimum atomic E-state index is -0.498. The van der Waals surface area contributed by atoms with Crippen LogP contribution in [0.4, 0.5) is 4.79 Å². The molecule has 0 aromatic heterocycles. The Balaban J connectivity index is 2.10. The van der Waals surface area contributed by atoms with Gasteiger partial charge in [0.2, 0.25) is 0 Å². The molecule has 0 N–H and O–H groups in total. The summed E-state index contributed by atoms with van der Waals surface area (Å²) in [6.45, 7) is 6.78. The minimum Gasteiger partial charge on any atom is -0.497 e. The molecule has 1 aliphatic heterocycles. The van der Waals surface area contributed by atoms with Crippen LogP contribution in [0.3, 0.4) is 0 Å². The molecule has 1 saturated heterocycles. The Morgan fingerprint density at radius 3 is 2.28 bits per heavy atom. The van der Waals surface area contributed by atoms with Gasteiger partial charge in [-0.25, -0.2) is 9.59 Å². The quantitative estimate of drug-likeness (QED) is 0.780. The van der Waals surface area contributed by atoms with E-state index in [0.29, 0.717) is 24.4 Å². The molecular formula is C19H27NO5. The van der Waals surface area contributed by atoms with Crippen LogP contribution >= 0.6 is 0 Å². The third kappa shape index (κ3) is 4.87. The average Bonchev–Trinajstić information content (AvgIpc) is 2.59. The van der Waals surface area contributed by atoms with Crippen LogP contribution in [0.1, 0.15) is 55.5 Å². The molecule has 6 heteroatoms. The lowest BCUT2D eigenvalue weighted by molar-refractivity contribution is 0.0203. The molecular weight excluding hydrogens is 322 g/mol. The molecule has 1 aromatic rings. The van der Waals surface area contributed by atoms with Crippen molar-refractivity contribution in [2.75, 3.05) is 27.3 Å². The highest BCUT2D eigenvalue weighted by molar-refractivity contribution is 5.91. The van der Waals surface area contributed by atoms with Crippen molar-refractivity contribution in [1.82, 2.24) is 4.90 Å². The van der Waals surface area contributed by atoms with Crippen molar-refractivity contribution in [3.63, 3.8) is 0 Å². The molecule has 1 amide bonds. The van der Waals surface area contributed by atoms with Crippen LogP contribution in [-0.4, -0.2) is 49.9 Å². The average molecular weight is 349 g/mol. The van der Waals surface area contributed by atoms with Crippen LogP contribution in [0.25, 0.3) is 0 Å². The van der Waals surface area contributed by atoms with Crippen molar-refractivity contribution < 1.29 is 23.8 Å². The molecule has 0 radical (unpaired) electrons. The highest BCUT2D eigenvalue weighted by Gasteiger charge is 2.29. The Morgan fingerprint density at radius 1 is 1.12 bits per heavy atom. The summed E-state index contributed by atoms with van der Waals surface area (Å²) in [5, 5.41) is 0. The Kier molecular flexibility index (Phi) is 5.93. The second-order valence-electron chi connectivity index (χ2n) is 7.19. The number of amides is 1. The van der Waals surface area contributed by atoms with Crippen LogP contribution in [-0.2, 0) is 9.47 Å². The van der Waals surface area contributed by atoms with Crippen LogP contribution in [0.2, 0.25) is 0 Å². The van der Waals surface area contributed by atoms with Gasteiger partial charge in [-0.15, -0.1) is 0 Å². The molecule has 1 heterocycles. The van der Waals surface area contributed by atoms with Crippen molar-refractivity contribution in [2.45, 2.75) is 45.1 Å². The molecule has 6 nitrogen and oxygen atoms in total. The van der Waals surface area contributed by atoms with E-state index in [9.17, 15) is 9.59 Å². The third-order valence-electron chi connectivity index (χ3n) is 4.25. The van der Waals surface area contributed by atoms with Crippen molar-refractivity contribution >= 4 is 12.1 Å². The number of ether oxygens (including phenoxy) is 3. The van der Waals surface area contributed by atoms with Gasteiger partial charge in [0.05, 0.1) is 19.8 Å². The first kappa shape index (κ1) is 19.1. The zero-order chi connectivity index (χ0) is 18.6. The van der Waals surface area contributed by atoms with Crippen molar-refractivity contribution in [3.05, 3.63) is 29.3 Å². The predicted octanol–water partition coefficient (Wildman–Crippen LogP) is 3.60. The summed E-state index contributed by atoms with van der Waals surface area (Å²) >= 11 is 0. The number of rotatable bonds is 3. The molecule has 0 bridgehead atoms. The van der Waals surface area contributed by atoms with E-state index in [-0.39, 0.29) is 18.0 Å². The van der Waals surface area contributed by atoms with Crippen LogP contribution < -0.4 is 4.74 Å². The van der Waals surface area contributed by atoms with E-state index >= 15 is 0 Å². The summed E-state index contributed by atoms with van der Waals surface area (Å²) in [6, 6.07) is 5.47. The SMILES string of the molecule is COC(=O)c1cc(OC)ccc1C1CCN(C(=O)OC(C)(C)C)CC1. The number of hydrogen-bond acceptors (Lipinski definition) is 5. The van der Waals surface area contributed by atoms with E-state index < -0.39 is 5.60 Å². The van der Waals surface area contributed by atoms with E-state index in [4.69, 9.17) is 14.2 Å². The fraction of sp³-hybridized carbons (Fsp3) is 0.579. The summed E-state index contributed by atoms with van der Waals surface area (Å²) in [5.41, 5.74) is 0.969. The number of methoxy groups -OCH3 is 2. The molecule has 0 atom stereocenters. The van der Waals surface area contributed by atoms with Gasteiger partial charge in [-0.1, -0.05) is 6.07 Å². The molecule has 2 rings (SSSR count). The lowest BCUT2D eigenvalue weighted by Crippen LogP contribution is -2.41. The first-order valence-electron chi connectivity index (χ1n) is 8.49. The van der Waals surface area contributed by atoms with Gasteiger partial charge >= 0.3 is 12.1 Å². The van der Waals surface area contributed by atoms with Gasteiger partial charge in [0.25, 0.3) is 0 Å². The van der Waals surface area contributed by atoms with E-state index in [1.165, 1.54) is 7.11 Å². The van der Waals surface area contributed by atoms with Gasteiger partial charge in [-0.05, 0) is 57.2 Å². The molecule has 0 unspecified atom stereocenters. The maximum atomic E-state index is 12.2. The predicted molar refractivity (Wildman–Crippen MR) is 94.1 cm³/mol. The molecule has 1 aromatic carbocycles. The Bertz CT molecular complexity index is 627. The molecule has 138 valence electrons. The summed E-state index contributed by atoms with van der Waals surface area (Å²) < 4.78 is 15.5. The number of piperidine rings is 1. The summed E-state index contributed by atoms with van der Waals surface area (Å²) in [7, 11) is 2.94. The molecule has 0 spiro atoms. The van der Waals surface area contributed by atoms with E-state index in [0.717, 1.165) is 18.4 Å². The Labute approximate surface area is 149 Å². The maximum Gasteiger partial charge on any atom is 0.410 e. The zero-order valence-corrected chi connectivity index (χ0v) is 15.6. The van der Waals surface area contributed by atoms with Gasteiger partial charge < -0.3 is 19.1 Å². The van der Waals surface area contributed by atoms with Crippen molar-refractivity contribution in [1.29, 1.82) is 0 Å². The van der Waals surface area contributed by atoms with Crippen molar-refractivity contribution in [2.24, 2.45) is 0 Å². The van der Waals surface area contributed by atoms with Crippen LogP contribution in [0, 0.1) is 0 Å². The first-order chi connectivity index (χ1) is 11.7. The molecule has 1 aliphatic rings. The minimum absolute atomic E-state index is 0.193. The number of carbonyl (C=O) groups is 2. The fourth-order valence-corrected chi connectivity index (χ4v) is 3.00. The molecule has 0 aliphatic carbocycles. The number of hydrogen-bond donors (Lipinski definition) is 0. The van der Waals surface area contributed by atoms with Gasteiger partial charge in [-0.3, -0.25) is 0 Å². The lowest BCUT2D eigenvalue weighted by Gasteiger charge is -2.34. The first-order valence-corrected chi connectivity index (χ1v) is 8.49. The highest BCUT2D eigenvalue weighted by atomic mass is 16.6. The van der Waals surface area contributed by atoms with Gasteiger partial charge in [0.1, 0.15) is 11.4 Å². The number of benzene rings is 1. The number of likely N-dealkylation sites (tertiary alicyclic amines) is 1. The topological polar surface area (TPSA) is 65.1 Å². The number of esters is 1. The fourth-order valence-electron chi connectivity index (χ4n) is 3.00. The second-order valence-corrected chi connectivity index (χ2v) is 7.19. The number of nitrogens with zero attached hydrogens (tertiary/aromatic N) is 1. The second kappa shape index (κ2) is 7.76. The van der Waals surface area contributed by atoms with E-state index in [1.54, 1.807) is 18.1 Å². The summed E-state index contributed by atoms with van der Waals surface area (Å²) in [6.07, 6.45) is 1.26. The molecule has 1 fully saturated rings. The van der Waals surface area contributed by atoms with Gasteiger partial charge in [0.15, 0.2) is 0 Å². The van der Waals surface area contributed by atoms with Crippen molar-refractivity contribution in [3.8, 4) is 5.75 Å². The standard InChI is InChI=1S/C19H27NO5/c1-19(2,3)25-18(22)20-10-8-13(9-11-20)15-7-6-14(23-4)12-16(15)17(21)24-5/h6-7,12-13H,8-11H2,1-5H3. The molecule has 0 saturated carbocycles. The Hall–Kier alpha value is -2.24. The van der Waals surface area contributed by atoms with E-state index in [1.807, 2.05) is 32.9 Å². The smallest absolute Gasteiger partial charge is 0.410 e. The highest BCUT2D eigenvalue weighted by Crippen LogP contribution is 2.33. The third-order valence-corrected chi connectivity index (χ3v) is 4.25. The summed E-state index contributed by atoms with van der Waals surface area (Å²) in [5.74, 6) is 0.442. The zero-order valence-electron chi connectivity index (χ0n) is 15.6.